The van der Waals surface area contributed by atoms with E-state index in [0.29, 0.717) is 16.9 Å². The summed E-state index contributed by atoms with van der Waals surface area (Å²) in [5.74, 6) is -0.157. The summed E-state index contributed by atoms with van der Waals surface area (Å²) in [7, 11) is 0. The number of anilines is 1. The molecule has 31 heavy (non-hydrogen) atoms. The molecule has 0 fully saturated rings. The SMILES string of the molecule is Cc1c(NC(=O)Cn2cccc2)ccc2c1C(C=O)OC(NC=Cc1ccccc1)=N2. The van der Waals surface area contributed by atoms with E-state index in [2.05, 4.69) is 15.6 Å². The number of ether oxygens (including phenoxy) is 1. The van der Waals surface area contributed by atoms with E-state index in [4.69, 9.17) is 4.74 Å². The Morgan fingerprint density at radius 1 is 1.13 bits per heavy atom. The van der Waals surface area contributed by atoms with Gasteiger partial charge in [-0.1, -0.05) is 30.3 Å². The van der Waals surface area contributed by atoms with E-state index in [9.17, 15) is 9.59 Å². The highest BCUT2D eigenvalue weighted by Gasteiger charge is 2.26. The number of fused-ring (bicyclic) bond motifs is 1. The molecule has 0 aliphatic carbocycles. The summed E-state index contributed by atoms with van der Waals surface area (Å²) in [5.41, 5.74) is 3.67. The van der Waals surface area contributed by atoms with Gasteiger partial charge in [0.25, 0.3) is 6.02 Å². The Morgan fingerprint density at radius 3 is 2.65 bits per heavy atom. The van der Waals surface area contributed by atoms with Crippen LogP contribution in [0.25, 0.3) is 6.08 Å². The lowest BCUT2D eigenvalue weighted by molar-refractivity contribution is -0.116. The van der Waals surface area contributed by atoms with Gasteiger partial charge in [0.05, 0.1) is 5.69 Å². The number of amides is 1. The third-order valence-electron chi connectivity index (χ3n) is 4.91. The highest BCUT2D eigenvalue weighted by atomic mass is 16.5. The number of aldehydes is 1. The van der Waals surface area contributed by atoms with Gasteiger partial charge < -0.3 is 19.9 Å². The van der Waals surface area contributed by atoms with E-state index in [1.54, 1.807) is 22.9 Å². The summed E-state index contributed by atoms with van der Waals surface area (Å²) < 4.78 is 7.51. The largest absolute Gasteiger partial charge is 0.449 e. The topological polar surface area (TPSA) is 84.7 Å². The molecule has 1 aromatic heterocycles. The molecule has 2 aromatic carbocycles. The van der Waals surface area contributed by atoms with E-state index >= 15 is 0 Å². The third kappa shape index (κ3) is 4.72. The fourth-order valence-corrected chi connectivity index (χ4v) is 3.39. The molecule has 1 aliphatic heterocycles. The van der Waals surface area contributed by atoms with Gasteiger partial charge in [-0.05, 0) is 48.4 Å². The minimum absolute atomic E-state index is 0.157. The summed E-state index contributed by atoms with van der Waals surface area (Å²) in [6.07, 6.45) is 7.15. The highest BCUT2D eigenvalue weighted by molar-refractivity contribution is 5.93. The van der Waals surface area contributed by atoms with Crippen molar-refractivity contribution < 1.29 is 14.3 Å². The van der Waals surface area contributed by atoms with Gasteiger partial charge >= 0.3 is 0 Å². The molecule has 7 heteroatoms. The van der Waals surface area contributed by atoms with Crippen molar-refractivity contribution in [2.24, 2.45) is 4.99 Å². The molecule has 7 nitrogen and oxygen atoms in total. The minimum Gasteiger partial charge on any atom is -0.449 e. The fourth-order valence-electron chi connectivity index (χ4n) is 3.39. The second kappa shape index (κ2) is 9.13. The molecule has 0 saturated carbocycles. The molecule has 0 bridgehead atoms. The zero-order chi connectivity index (χ0) is 21.6. The van der Waals surface area contributed by atoms with Crippen LogP contribution in [0.2, 0.25) is 0 Å². The van der Waals surface area contributed by atoms with Crippen LogP contribution >= 0.6 is 0 Å². The second-order valence-electron chi connectivity index (χ2n) is 7.05. The summed E-state index contributed by atoms with van der Waals surface area (Å²) >= 11 is 0. The quantitative estimate of drug-likeness (QED) is 0.598. The first kappa shape index (κ1) is 20.2. The van der Waals surface area contributed by atoms with Gasteiger partial charge in [0.2, 0.25) is 5.91 Å². The van der Waals surface area contributed by atoms with Crippen molar-refractivity contribution in [1.29, 1.82) is 0 Å². The molecule has 156 valence electrons. The number of hydrogen-bond acceptors (Lipinski definition) is 5. The lowest BCUT2D eigenvalue weighted by Gasteiger charge is -2.25. The van der Waals surface area contributed by atoms with Gasteiger partial charge in [-0.25, -0.2) is 0 Å². The van der Waals surface area contributed by atoms with Gasteiger partial charge in [0, 0.05) is 29.8 Å². The maximum Gasteiger partial charge on any atom is 0.295 e. The Bertz CT molecular complexity index is 1140. The average molecular weight is 414 g/mol. The zero-order valence-corrected chi connectivity index (χ0v) is 17.0. The number of aliphatic imine (C=N–C) groups is 1. The average Bonchev–Trinajstić information content (AvgIpc) is 3.29. The maximum atomic E-state index is 12.4. The maximum absolute atomic E-state index is 12.4. The number of aromatic nitrogens is 1. The number of carbonyl (C=O) groups excluding carboxylic acids is 2. The van der Waals surface area contributed by atoms with Crippen molar-refractivity contribution in [3.05, 3.63) is 89.9 Å². The minimum atomic E-state index is -0.818. The normalized spacial score (nSPS) is 15.0. The van der Waals surface area contributed by atoms with Crippen molar-refractivity contribution in [1.82, 2.24) is 9.88 Å². The smallest absolute Gasteiger partial charge is 0.295 e. The van der Waals surface area contributed by atoms with E-state index in [-0.39, 0.29) is 18.5 Å². The molecule has 1 aliphatic rings. The summed E-state index contributed by atoms with van der Waals surface area (Å²) in [6, 6.07) is 17.3. The molecule has 0 spiro atoms. The molecule has 4 rings (SSSR count). The lowest BCUT2D eigenvalue weighted by Crippen LogP contribution is -2.27. The Balaban J connectivity index is 1.52. The third-order valence-corrected chi connectivity index (χ3v) is 4.91. The number of hydrogen-bond donors (Lipinski definition) is 2. The van der Waals surface area contributed by atoms with Crippen LogP contribution in [0.1, 0.15) is 22.8 Å². The molecule has 1 unspecified atom stereocenters. The van der Waals surface area contributed by atoms with Crippen molar-refractivity contribution in [2.45, 2.75) is 19.6 Å². The molecule has 0 radical (unpaired) electrons. The van der Waals surface area contributed by atoms with E-state index in [1.165, 1.54) is 0 Å². The molecule has 3 aromatic rings. The van der Waals surface area contributed by atoms with Crippen LogP contribution in [0, 0.1) is 6.92 Å². The number of rotatable bonds is 6. The Labute approximate surface area is 180 Å². The zero-order valence-electron chi connectivity index (χ0n) is 17.0. The van der Waals surface area contributed by atoms with Crippen molar-refractivity contribution >= 4 is 35.7 Å². The van der Waals surface area contributed by atoms with Crippen LogP contribution in [0.5, 0.6) is 0 Å². The molecule has 2 heterocycles. The van der Waals surface area contributed by atoms with Crippen LogP contribution in [-0.4, -0.2) is 22.8 Å². The summed E-state index contributed by atoms with van der Waals surface area (Å²) in [4.78, 5) is 28.6. The Hall–Kier alpha value is -4.13. The predicted molar refractivity (Wildman–Crippen MR) is 120 cm³/mol. The first-order valence-electron chi connectivity index (χ1n) is 9.87. The standard InChI is InChI=1S/C24H22N4O3/c1-17-19(26-22(30)15-28-13-5-6-14-28)9-10-20-23(17)21(16-29)31-24(27-20)25-12-11-18-7-3-2-4-8-18/h2-14,16,21H,15H2,1H3,(H,25,27)(H,26,30). The van der Waals surface area contributed by atoms with Gasteiger partial charge in [0.15, 0.2) is 12.4 Å². The molecular formula is C24H22N4O3. The Morgan fingerprint density at radius 2 is 1.90 bits per heavy atom. The highest BCUT2D eigenvalue weighted by Crippen LogP contribution is 2.37. The van der Waals surface area contributed by atoms with Crippen LogP contribution in [0.4, 0.5) is 11.4 Å². The predicted octanol–water partition coefficient (Wildman–Crippen LogP) is 3.95. The second-order valence-corrected chi connectivity index (χ2v) is 7.05. The Kier molecular flexibility index (Phi) is 5.93. The molecule has 0 saturated heterocycles. The van der Waals surface area contributed by atoms with E-state index in [1.807, 2.05) is 67.9 Å². The van der Waals surface area contributed by atoms with Crippen LogP contribution < -0.4 is 10.6 Å². The lowest BCUT2D eigenvalue weighted by atomic mass is 9.99. The van der Waals surface area contributed by atoms with Gasteiger partial charge in [-0.15, -0.1) is 0 Å². The monoisotopic (exact) mass is 414 g/mol. The van der Waals surface area contributed by atoms with E-state index < -0.39 is 6.10 Å². The van der Waals surface area contributed by atoms with Crippen molar-refractivity contribution in [3.63, 3.8) is 0 Å². The van der Waals surface area contributed by atoms with Crippen molar-refractivity contribution in [2.75, 3.05) is 5.32 Å². The number of amidine groups is 1. The molecule has 1 amide bonds. The van der Waals surface area contributed by atoms with Gasteiger partial charge in [-0.2, -0.15) is 4.99 Å². The first-order valence-corrected chi connectivity index (χ1v) is 9.87. The van der Waals surface area contributed by atoms with Gasteiger partial charge in [0.1, 0.15) is 6.54 Å². The van der Waals surface area contributed by atoms with Crippen LogP contribution in [0.15, 0.2) is 78.2 Å². The van der Waals surface area contributed by atoms with E-state index in [0.717, 1.165) is 17.4 Å². The van der Waals surface area contributed by atoms with Crippen LogP contribution in [0.3, 0.4) is 0 Å². The van der Waals surface area contributed by atoms with Crippen molar-refractivity contribution in [3.8, 4) is 0 Å². The summed E-state index contributed by atoms with van der Waals surface area (Å²) in [5, 5.41) is 5.88. The fraction of sp³-hybridized carbons (Fsp3) is 0.125. The van der Waals surface area contributed by atoms with Gasteiger partial charge in [-0.3, -0.25) is 9.59 Å². The van der Waals surface area contributed by atoms with Crippen LogP contribution in [-0.2, 0) is 20.9 Å². The first-order chi connectivity index (χ1) is 15.1. The number of benzene rings is 2. The molecule has 2 N–H and O–H groups in total. The molecule has 1 atom stereocenters. The number of carbonyl (C=O) groups is 2. The molecular weight excluding hydrogens is 392 g/mol. The number of nitrogens with zero attached hydrogens (tertiary/aromatic N) is 2. The number of nitrogens with one attached hydrogen (secondary N) is 2. The summed E-state index contributed by atoms with van der Waals surface area (Å²) in [6.45, 7) is 2.05.